The Hall–Kier alpha value is -3.26. The average Bonchev–Trinajstić information content (AvgIpc) is 2.67. The summed E-state index contributed by atoms with van der Waals surface area (Å²) in [4.78, 5) is 8.72. The molecule has 0 amide bonds. The van der Waals surface area contributed by atoms with E-state index in [9.17, 15) is 4.39 Å². The molecule has 25 heavy (non-hydrogen) atoms. The maximum Gasteiger partial charge on any atom is 0.159 e. The van der Waals surface area contributed by atoms with Crippen LogP contribution in [0, 0.1) is 17.1 Å². The van der Waals surface area contributed by atoms with Crippen LogP contribution >= 0.6 is 0 Å². The molecular formula is C20H16FN3O. The summed E-state index contributed by atoms with van der Waals surface area (Å²) in [5.41, 5.74) is 2.98. The number of hydrogen-bond donors (Lipinski definition) is 0. The first kappa shape index (κ1) is 16.6. The van der Waals surface area contributed by atoms with E-state index in [1.807, 2.05) is 36.7 Å². The van der Waals surface area contributed by atoms with Gasteiger partial charge in [-0.05, 0) is 29.7 Å². The average molecular weight is 333 g/mol. The molecule has 0 saturated heterocycles. The minimum atomic E-state index is -0.581. The minimum absolute atomic E-state index is 0.00537. The Morgan fingerprint density at radius 3 is 2.36 bits per heavy atom. The van der Waals surface area contributed by atoms with Crippen molar-refractivity contribution in [2.24, 2.45) is 0 Å². The first-order valence-electron chi connectivity index (χ1n) is 7.92. The first-order valence-corrected chi connectivity index (χ1v) is 7.92. The fourth-order valence-corrected chi connectivity index (χ4v) is 2.28. The van der Waals surface area contributed by atoms with Crippen LogP contribution in [0.25, 0.3) is 11.4 Å². The van der Waals surface area contributed by atoms with Gasteiger partial charge in [-0.1, -0.05) is 31.2 Å². The second kappa shape index (κ2) is 7.54. The Labute approximate surface area is 145 Å². The number of aryl methyl sites for hydroxylation is 1. The number of benzene rings is 2. The Balaban J connectivity index is 1.66. The van der Waals surface area contributed by atoms with E-state index in [1.54, 1.807) is 12.1 Å². The van der Waals surface area contributed by atoms with E-state index >= 15 is 0 Å². The molecule has 0 aliphatic rings. The highest BCUT2D eigenvalue weighted by molar-refractivity contribution is 5.55. The molecule has 124 valence electrons. The maximum atomic E-state index is 13.6. The van der Waals surface area contributed by atoms with E-state index in [0.29, 0.717) is 18.2 Å². The summed E-state index contributed by atoms with van der Waals surface area (Å²) in [6.07, 6.45) is 4.57. The van der Waals surface area contributed by atoms with Gasteiger partial charge in [-0.3, -0.25) is 0 Å². The third kappa shape index (κ3) is 3.99. The summed E-state index contributed by atoms with van der Waals surface area (Å²) >= 11 is 0. The highest BCUT2D eigenvalue weighted by atomic mass is 19.1. The van der Waals surface area contributed by atoms with Crippen molar-refractivity contribution in [1.82, 2.24) is 9.97 Å². The van der Waals surface area contributed by atoms with Crippen molar-refractivity contribution in [3.05, 3.63) is 77.4 Å². The van der Waals surface area contributed by atoms with Gasteiger partial charge in [0.2, 0.25) is 0 Å². The monoisotopic (exact) mass is 333 g/mol. The molecule has 3 rings (SSSR count). The summed E-state index contributed by atoms with van der Waals surface area (Å²) in [5.74, 6) is 0.487. The van der Waals surface area contributed by atoms with Gasteiger partial charge in [0.15, 0.2) is 5.82 Å². The minimum Gasteiger partial charge on any atom is -0.489 e. The molecule has 0 radical (unpaired) electrons. The zero-order chi connectivity index (χ0) is 17.6. The SMILES string of the molecule is CCc1cnc(-c2ccc(COc3ccc(C#N)c(F)c3)cc2)nc1. The molecule has 1 aromatic heterocycles. The van der Waals surface area contributed by atoms with E-state index in [2.05, 4.69) is 16.9 Å². The summed E-state index contributed by atoms with van der Waals surface area (Å²) in [5, 5.41) is 8.73. The standard InChI is InChI=1S/C20H16FN3O/c1-2-14-11-23-20(24-12-14)16-5-3-15(4-6-16)13-25-18-8-7-17(10-22)19(21)9-18/h3-9,11-12H,2,13H2,1H3. The lowest BCUT2D eigenvalue weighted by Gasteiger charge is -2.08. The van der Waals surface area contributed by atoms with Gasteiger partial charge < -0.3 is 4.74 Å². The van der Waals surface area contributed by atoms with Crippen LogP contribution in [0.4, 0.5) is 4.39 Å². The number of hydrogen-bond acceptors (Lipinski definition) is 4. The van der Waals surface area contributed by atoms with Gasteiger partial charge in [-0.15, -0.1) is 0 Å². The van der Waals surface area contributed by atoms with Crippen molar-refractivity contribution in [3.63, 3.8) is 0 Å². The lowest BCUT2D eigenvalue weighted by molar-refractivity contribution is 0.304. The summed E-state index contributed by atoms with van der Waals surface area (Å²) < 4.78 is 19.1. The number of nitriles is 1. The lowest BCUT2D eigenvalue weighted by atomic mass is 10.1. The number of ether oxygens (including phenoxy) is 1. The largest absolute Gasteiger partial charge is 0.489 e. The van der Waals surface area contributed by atoms with Gasteiger partial charge in [0, 0.05) is 24.0 Å². The normalized spacial score (nSPS) is 10.3. The van der Waals surface area contributed by atoms with Gasteiger partial charge in [0.05, 0.1) is 5.56 Å². The van der Waals surface area contributed by atoms with E-state index in [4.69, 9.17) is 10.00 Å². The summed E-state index contributed by atoms with van der Waals surface area (Å²) in [6, 6.07) is 13.7. The van der Waals surface area contributed by atoms with Gasteiger partial charge in [0.1, 0.15) is 24.2 Å². The second-order valence-electron chi connectivity index (χ2n) is 5.51. The third-order valence-corrected chi connectivity index (χ3v) is 3.79. The molecule has 0 fully saturated rings. The quantitative estimate of drug-likeness (QED) is 0.698. The molecule has 3 aromatic rings. The smallest absolute Gasteiger partial charge is 0.159 e. The molecule has 0 unspecified atom stereocenters. The number of halogens is 1. The van der Waals surface area contributed by atoms with Crippen LogP contribution in [0.3, 0.4) is 0 Å². The maximum absolute atomic E-state index is 13.6. The Kier molecular flexibility index (Phi) is 5.00. The predicted molar refractivity (Wildman–Crippen MR) is 92.3 cm³/mol. The summed E-state index contributed by atoms with van der Waals surface area (Å²) in [6.45, 7) is 2.37. The molecular weight excluding hydrogens is 317 g/mol. The highest BCUT2D eigenvalue weighted by Crippen LogP contribution is 2.19. The molecule has 0 bridgehead atoms. The lowest BCUT2D eigenvalue weighted by Crippen LogP contribution is -1.97. The van der Waals surface area contributed by atoms with E-state index < -0.39 is 5.82 Å². The van der Waals surface area contributed by atoms with Crippen LogP contribution < -0.4 is 4.74 Å². The number of rotatable bonds is 5. The van der Waals surface area contributed by atoms with Crippen LogP contribution in [0.5, 0.6) is 5.75 Å². The fourth-order valence-electron chi connectivity index (χ4n) is 2.28. The van der Waals surface area contributed by atoms with Crippen molar-refractivity contribution < 1.29 is 9.13 Å². The topological polar surface area (TPSA) is 58.8 Å². The predicted octanol–water partition coefficient (Wildman–Crippen LogP) is 4.30. The molecule has 0 saturated carbocycles. The number of aromatic nitrogens is 2. The molecule has 2 aromatic carbocycles. The molecule has 0 atom stereocenters. The van der Waals surface area contributed by atoms with Crippen molar-refractivity contribution in [2.45, 2.75) is 20.0 Å². The Bertz CT molecular complexity index is 900. The number of nitrogens with zero attached hydrogens (tertiary/aromatic N) is 3. The zero-order valence-corrected chi connectivity index (χ0v) is 13.7. The van der Waals surface area contributed by atoms with Gasteiger partial charge in [-0.2, -0.15) is 5.26 Å². The molecule has 0 N–H and O–H groups in total. The van der Waals surface area contributed by atoms with Crippen LogP contribution in [0.15, 0.2) is 54.9 Å². The molecule has 1 heterocycles. The molecule has 5 heteroatoms. The highest BCUT2D eigenvalue weighted by Gasteiger charge is 2.05. The van der Waals surface area contributed by atoms with Crippen molar-refractivity contribution >= 4 is 0 Å². The van der Waals surface area contributed by atoms with E-state index in [0.717, 1.165) is 23.1 Å². The van der Waals surface area contributed by atoms with Crippen LogP contribution in [0.2, 0.25) is 0 Å². The molecule has 0 aliphatic carbocycles. The zero-order valence-electron chi connectivity index (χ0n) is 13.7. The first-order chi connectivity index (χ1) is 12.2. The third-order valence-electron chi connectivity index (χ3n) is 3.79. The Morgan fingerprint density at radius 1 is 1.04 bits per heavy atom. The van der Waals surface area contributed by atoms with Crippen molar-refractivity contribution in [2.75, 3.05) is 0 Å². The molecule has 0 aliphatic heterocycles. The molecule has 0 spiro atoms. The molecule has 4 nitrogen and oxygen atoms in total. The van der Waals surface area contributed by atoms with Crippen molar-refractivity contribution in [3.8, 4) is 23.2 Å². The fraction of sp³-hybridized carbons (Fsp3) is 0.150. The van der Waals surface area contributed by atoms with E-state index in [-0.39, 0.29) is 5.56 Å². The van der Waals surface area contributed by atoms with Crippen LogP contribution in [0.1, 0.15) is 23.6 Å². The van der Waals surface area contributed by atoms with Crippen LogP contribution in [-0.2, 0) is 13.0 Å². The van der Waals surface area contributed by atoms with Crippen molar-refractivity contribution in [1.29, 1.82) is 5.26 Å². The van der Waals surface area contributed by atoms with Gasteiger partial charge in [0.25, 0.3) is 0 Å². The second-order valence-corrected chi connectivity index (χ2v) is 5.51. The Morgan fingerprint density at radius 2 is 1.76 bits per heavy atom. The summed E-state index contributed by atoms with van der Waals surface area (Å²) in [7, 11) is 0. The van der Waals surface area contributed by atoms with Gasteiger partial charge in [-0.25, -0.2) is 14.4 Å². The van der Waals surface area contributed by atoms with E-state index in [1.165, 1.54) is 12.1 Å². The van der Waals surface area contributed by atoms with Crippen LogP contribution in [-0.4, -0.2) is 9.97 Å². The van der Waals surface area contributed by atoms with Gasteiger partial charge >= 0.3 is 0 Å².